The van der Waals surface area contributed by atoms with Crippen LogP contribution in [0.15, 0.2) is 36.4 Å². The molecule has 0 aromatic heterocycles. The third-order valence-corrected chi connectivity index (χ3v) is 4.31. The fourth-order valence-corrected chi connectivity index (χ4v) is 3.11. The van der Waals surface area contributed by atoms with Crippen LogP contribution in [0.5, 0.6) is 5.75 Å². The summed E-state index contributed by atoms with van der Waals surface area (Å²) in [7, 11) is 1.67. The first-order valence-corrected chi connectivity index (χ1v) is 8.25. The van der Waals surface area contributed by atoms with Gasteiger partial charge in [-0.1, -0.05) is 24.3 Å². The highest BCUT2D eigenvalue weighted by Gasteiger charge is 2.26. The Kier molecular flexibility index (Phi) is 5.30. The van der Waals surface area contributed by atoms with Crippen LogP contribution in [0.3, 0.4) is 0 Å². The zero-order chi connectivity index (χ0) is 17.1. The first-order valence-electron chi connectivity index (χ1n) is 8.25. The second-order valence-electron chi connectivity index (χ2n) is 6.63. The summed E-state index contributed by atoms with van der Waals surface area (Å²) in [5, 5.41) is 2.25. The summed E-state index contributed by atoms with van der Waals surface area (Å²) in [6, 6.07) is 12.6. The van der Waals surface area contributed by atoms with Gasteiger partial charge in [-0.3, -0.25) is 4.79 Å². The smallest absolute Gasteiger partial charge is 0.230 e. The maximum atomic E-state index is 12.9. The van der Waals surface area contributed by atoms with Crippen LogP contribution in [-0.4, -0.2) is 30.0 Å². The van der Waals surface area contributed by atoms with Crippen molar-refractivity contribution in [2.75, 3.05) is 7.11 Å². The molecule has 0 aliphatic carbocycles. The molecule has 124 valence electrons. The summed E-state index contributed by atoms with van der Waals surface area (Å²) in [4.78, 5) is 14.8. The maximum Gasteiger partial charge on any atom is 0.230 e. The summed E-state index contributed by atoms with van der Waals surface area (Å²) in [5.74, 6) is 0.884. The van der Waals surface area contributed by atoms with Crippen molar-refractivity contribution >= 4 is 16.7 Å². The molecule has 0 aliphatic heterocycles. The minimum atomic E-state index is -0.147. The van der Waals surface area contributed by atoms with Crippen molar-refractivity contribution in [1.82, 2.24) is 4.90 Å². The van der Waals surface area contributed by atoms with Gasteiger partial charge in [0.2, 0.25) is 5.91 Å². The van der Waals surface area contributed by atoms with Crippen LogP contribution in [0, 0.1) is 0 Å². The van der Waals surface area contributed by atoms with Crippen molar-refractivity contribution in [3.05, 3.63) is 42.0 Å². The molecule has 0 aliphatic rings. The van der Waals surface area contributed by atoms with Crippen LogP contribution in [0.2, 0.25) is 0 Å². The van der Waals surface area contributed by atoms with E-state index in [1.54, 1.807) is 7.11 Å². The maximum absolute atomic E-state index is 12.9. The SMILES string of the molecule is COc1ccc2cc([C@@H](C)C(=O)N(C(C)C)C(C)C)ccc2c1. The second kappa shape index (κ2) is 7.03. The Morgan fingerprint density at radius 3 is 2.04 bits per heavy atom. The molecule has 0 bridgehead atoms. The van der Waals surface area contributed by atoms with E-state index < -0.39 is 0 Å². The normalized spacial score (nSPS) is 12.7. The van der Waals surface area contributed by atoms with Crippen molar-refractivity contribution in [3.8, 4) is 5.75 Å². The Hall–Kier alpha value is -2.03. The number of ether oxygens (including phenoxy) is 1. The van der Waals surface area contributed by atoms with E-state index in [1.165, 1.54) is 0 Å². The summed E-state index contributed by atoms with van der Waals surface area (Å²) in [5.41, 5.74) is 1.05. The number of hydrogen-bond acceptors (Lipinski definition) is 2. The number of amides is 1. The van der Waals surface area contributed by atoms with Gasteiger partial charge < -0.3 is 9.64 Å². The molecule has 0 spiro atoms. The molecule has 1 atom stereocenters. The van der Waals surface area contributed by atoms with Crippen molar-refractivity contribution in [2.24, 2.45) is 0 Å². The third kappa shape index (κ3) is 3.66. The minimum absolute atomic E-state index is 0.147. The van der Waals surface area contributed by atoms with Gasteiger partial charge in [0.15, 0.2) is 0 Å². The summed E-state index contributed by atoms with van der Waals surface area (Å²) in [6.07, 6.45) is 0. The van der Waals surface area contributed by atoms with E-state index in [0.29, 0.717) is 0 Å². The number of carbonyl (C=O) groups is 1. The molecular formula is C20H27NO2. The molecule has 0 radical (unpaired) electrons. The lowest BCUT2D eigenvalue weighted by molar-refractivity contribution is -0.136. The second-order valence-corrected chi connectivity index (χ2v) is 6.63. The van der Waals surface area contributed by atoms with Crippen LogP contribution in [0.1, 0.15) is 46.1 Å². The predicted octanol–water partition coefficient (Wildman–Crippen LogP) is 4.60. The molecule has 0 N–H and O–H groups in total. The largest absolute Gasteiger partial charge is 0.497 e. The quantitative estimate of drug-likeness (QED) is 0.807. The Morgan fingerprint density at radius 2 is 1.48 bits per heavy atom. The van der Waals surface area contributed by atoms with Gasteiger partial charge in [0.1, 0.15) is 5.75 Å². The van der Waals surface area contributed by atoms with Crippen LogP contribution in [-0.2, 0) is 4.79 Å². The topological polar surface area (TPSA) is 29.5 Å². The monoisotopic (exact) mass is 313 g/mol. The average molecular weight is 313 g/mol. The van der Waals surface area contributed by atoms with Gasteiger partial charge in [0.05, 0.1) is 13.0 Å². The van der Waals surface area contributed by atoms with Crippen molar-refractivity contribution in [3.63, 3.8) is 0 Å². The Morgan fingerprint density at radius 1 is 0.913 bits per heavy atom. The van der Waals surface area contributed by atoms with Crippen molar-refractivity contribution < 1.29 is 9.53 Å². The van der Waals surface area contributed by atoms with Gasteiger partial charge in [-0.05, 0) is 63.1 Å². The fourth-order valence-electron chi connectivity index (χ4n) is 3.11. The Balaban J connectivity index is 2.33. The molecule has 23 heavy (non-hydrogen) atoms. The van der Waals surface area contributed by atoms with Gasteiger partial charge >= 0.3 is 0 Å². The van der Waals surface area contributed by atoms with E-state index in [9.17, 15) is 4.79 Å². The van der Waals surface area contributed by atoms with Gasteiger partial charge in [-0.15, -0.1) is 0 Å². The van der Waals surface area contributed by atoms with E-state index in [4.69, 9.17) is 4.74 Å². The van der Waals surface area contributed by atoms with Gasteiger partial charge in [0, 0.05) is 12.1 Å². The molecule has 0 saturated carbocycles. The summed E-state index contributed by atoms with van der Waals surface area (Å²) < 4.78 is 5.26. The Bertz CT molecular complexity index is 683. The predicted molar refractivity (Wildman–Crippen MR) is 96.0 cm³/mol. The highest BCUT2D eigenvalue weighted by atomic mass is 16.5. The molecule has 3 heteroatoms. The number of hydrogen-bond donors (Lipinski definition) is 0. The highest BCUT2D eigenvalue weighted by Crippen LogP contribution is 2.27. The van der Waals surface area contributed by atoms with E-state index in [0.717, 1.165) is 22.1 Å². The molecule has 0 saturated heterocycles. The van der Waals surface area contributed by atoms with Crippen LogP contribution >= 0.6 is 0 Å². The number of fused-ring (bicyclic) bond motifs is 1. The third-order valence-electron chi connectivity index (χ3n) is 4.31. The van der Waals surface area contributed by atoms with E-state index in [1.807, 2.05) is 36.1 Å². The molecule has 0 heterocycles. The molecule has 0 fully saturated rings. The van der Waals surface area contributed by atoms with Crippen molar-refractivity contribution in [1.29, 1.82) is 0 Å². The lowest BCUT2D eigenvalue weighted by Crippen LogP contribution is -2.44. The average Bonchev–Trinajstić information content (AvgIpc) is 2.52. The number of rotatable bonds is 5. The first-order chi connectivity index (χ1) is 10.8. The Labute approximate surface area is 139 Å². The lowest BCUT2D eigenvalue weighted by Gasteiger charge is -2.33. The fraction of sp³-hybridized carbons (Fsp3) is 0.450. The van der Waals surface area contributed by atoms with E-state index in [2.05, 4.69) is 39.8 Å². The number of benzene rings is 2. The van der Waals surface area contributed by atoms with E-state index >= 15 is 0 Å². The lowest BCUT2D eigenvalue weighted by atomic mass is 9.95. The molecule has 2 rings (SSSR count). The number of nitrogens with zero attached hydrogens (tertiary/aromatic N) is 1. The van der Waals surface area contributed by atoms with Crippen LogP contribution in [0.25, 0.3) is 10.8 Å². The molecule has 2 aromatic carbocycles. The molecule has 0 unspecified atom stereocenters. The van der Waals surface area contributed by atoms with Gasteiger partial charge in [0.25, 0.3) is 0 Å². The van der Waals surface area contributed by atoms with Crippen LogP contribution < -0.4 is 4.74 Å². The molecule has 2 aromatic rings. The molecule has 1 amide bonds. The molecule has 3 nitrogen and oxygen atoms in total. The summed E-state index contributed by atoms with van der Waals surface area (Å²) in [6.45, 7) is 10.3. The number of carbonyl (C=O) groups excluding carboxylic acids is 1. The zero-order valence-corrected chi connectivity index (χ0v) is 15.0. The number of methoxy groups -OCH3 is 1. The van der Waals surface area contributed by atoms with Crippen LogP contribution in [0.4, 0.5) is 0 Å². The zero-order valence-electron chi connectivity index (χ0n) is 15.0. The minimum Gasteiger partial charge on any atom is -0.497 e. The van der Waals surface area contributed by atoms with E-state index in [-0.39, 0.29) is 23.9 Å². The first kappa shape index (κ1) is 17.3. The summed E-state index contributed by atoms with van der Waals surface area (Å²) >= 11 is 0. The standard InChI is InChI=1S/C20H27NO2/c1-13(2)21(14(3)4)20(22)15(5)16-7-8-18-12-19(23-6)10-9-17(18)11-16/h7-15H,1-6H3/t15-/m1/s1. The molecular weight excluding hydrogens is 286 g/mol. The highest BCUT2D eigenvalue weighted by molar-refractivity contribution is 5.88. The van der Waals surface area contributed by atoms with Gasteiger partial charge in [-0.2, -0.15) is 0 Å². The van der Waals surface area contributed by atoms with Gasteiger partial charge in [-0.25, -0.2) is 0 Å². The van der Waals surface area contributed by atoms with Crippen molar-refractivity contribution in [2.45, 2.75) is 52.6 Å².